The summed E-state index contributed by atoms with van der Waals surface area (Å²) in [5.74, 6) is 0.271. The van der Waals surface area contributed by atoms with Crippen LogP contribution in [0.3, 0.4) is 0 Å². The maximum absolute atomic E-state index is 12.0. The van der Waals surface area contributed by atoms with Gasteiger partial charge < -0.3 is 19.2 Å². The SMILES string of the molecule is COC(=O)c1ncoc1CNC(=O)COc1cc(C)ccc1C(C)C. The summed E-state index contributed by atoms with van der Waals surface area (Å²) in [5, 5.41) is 2.63. The van der Waals surface area contributed by atoms with Crippen LogP contribution in [0.2, 0.25) is 0 Å². The highest BCUT2D eigenvalue weighted by atomic mass is 16.5. The Balaban J connectivity index is 1.93. The third-order valence-corrected chi connectivity index (χ3v) is 3.62. The first-order chi connectivity index (χ1) is 11.9. The highest BCUT2D eigenvalue weighted by molar-refractivity contribution is 5.88. The van der Waals surface area contributed by atoms with Crippen LogP contribution >= 0.6 is 0 Å². The predicted molar refractivity (Wildman–Crippen MR) is 90.5 cm³/mol. The summed E-state index contributed by atoms with van der Waals surface area (Å²) in [6.07, 6.45) is 1.13. The fourth-order valence-electron chi connectivity index (χ4n) is 2.28. The summed E-state index contributed by atoms with van der Waals surface area (Å²) in [6, 6.07) is 5.93. The second-order valence-corrected chi connectivity index (χ2v) is 5.88. The van der Waals surface area contributed by atoms with Gasteiger partial charge in [-0.1, -0.05) is 26.0 Å². The molecule has 7 nitrogen and oxygen atoms in total. The Hall–Kier alpha value is -2.83. The number of carbonyl (C=O) groups excluding carboxylic acids is 2. The molecule has 0 radical (unpaired) electrons. The molecule has 0 bridgehead atoms. The molecular formula is C18H22N2O5. The Morgan fingerprint density at radius 1 is 1.32 bits per heavy atom. The first kappa shape index (κ1) is 18.5. The molecule has 0 fully saturated rings. The number of hydrogen-bond acceptors (Lipinski definition) is 6. The maximum atomic E-state index is 12.0. The number of methoxy groups -OCH3 is 1. The molecule has 7 heteroatoms. The lowest BCUT2D eigenvalue weighted by molar-refractivity contribution is -0.123. The Kier molecular flexibility index (Phi) is 6.16. The van der Waals surface area contributed by atoms with Gasteiger partial charge in [-0.3, -0.25) is 4.79 Å². The molecule has 0 spiro atoms. The van der Waals surface area contributed by atoms with Crippen molar-refractivity contribution in [2.45, 2.75) is 33.2 Å². The zero-order chi connectivity index (χ0) is 18.4. The smallest absolute Gasteiger partial charge is 0.360 e. The Bertz CT molecular complexity index is 752. The van der Waals surface area contributed by atoms with Crippen LogP contribution in [-0.4, -0.2) is 30.6 Å². The molecular weight excluding hydrogens is 324 g/mol. The van der Waals surface area contributed by atoms with E-state index in [1.165, 1.54) is 7.11 Å². The standard InChI is InChI=1S/C18H22N2O5/c1-11(2)13-6-5-12(3)7-14(13)24-9-16(21)19-8-15-17(18(22)23-4)20-10-25-15/h5-7,10-11H,8-9H2,1-4H3,(H,19,21). The highest BCUT2D eigenvalue weighted by Gasteiger charge is 2.18. The Morgan fingerprint density at radius 2 is 2.08 bits per heavy atom. The topological polar surface area (TPSA) is 90.7 Å². The van der Waals surface area contributed by atoms with Crippen LogP contribution in [0.1, 0.15) is 47.1 Å². The van der Waals surface area contributed by atoms with Crippen LogP contribution < -0.4 is 10.1 Å². The number of esters is 1. The molecule has 1 heterocycles. The molecule has 1 aromatic carbocycles. The van der Waals surface area contributed by atoms with E-state index in [-0.39, 0.29) is 36.4 Å². The van der Waals surface area contributed by atoms with Crippen molar-refractivity contribution in [3.05, 3.63) is 47.2 Å². The second kappa shape index (κ2) is 8.32. The molecule has 134 valence electrons. The summed E-state index contributed by atoms with van der Waals surface area (Å²) in [5.41, 5.74) is 2.15. The van der Waals surface area contributed by atoms with Crippen LogP contribution in [0.25, 0.3) is 0 Å². The lowest BCUT2D eigenvalue weighted by Crippen LogP contribution is -2.29. The van der Waals surface area contributed by atoms with E-state index in [1.807, 2.05) is 25.1 Å². The van der Waals surface area contributed by atoms with Crippen molar-refractivity contribution in [1.82, 2.24) is 10.3 Å². The van der Waals surface area contributed by atoms with E-state index in [0.29, 0.717) is 5.75 Å². The largest absolute Gasteiger partial charge is 0.483 e. The fraction of sp³-hybridized carbons (Fsp3) is 0.389. The zero-order valence-electron chi connectivity index (χ0n) is 14.8. The van der Waals surface area contributed by atoms with Gasteiger partial charge in [0.15, 0.2) is 24.5 Å². The first-order valence-corrected chi connectivity index (χ1v) is 7.93. The summed E-state index contributed by atoms with van der Waals surface area (Å²) in [7, 11) is 1.25. The molecule has 0 saturated carbocycles. The number of ether oxygens (including phenoxy) is 2. The van der Waals surface area contributed by atoms with Crippen molar-refractivity contribution in [3.63, 3.8) is 0 Å². The van der Waals surface area contributed by atoms with Gasteiger partial charge in [-0.15, -0.1) is 0 Å². The van der Waals surface area contributed by atoms with Crippen LogP contribution in [-0.2, 0) is 16.1 Å². The van der Waals surface area contributed by atoms with Gasteiger partial charge in [0, 0.05) is 0 Å². The highest BCUT2D eigenvalue weighted by Crippen LogP contribution is 2.27. The number of oxazole rings is 1. The van der Waals surface area contributed by atoms with Crippen molar-refractivity contribution >= 4 is 11.9 Å². The van der Waals surface area contributed by atoms with E-state index in [4.69, 9.17) is 9.15 Å². The average Bonchev–Trinajstić information content (AvgIpc) is 3.05. The van der Waals surface area contributed by atoms with Gasteiger partial charge in [-0.05, 0) is 30.0 Å². The number of carbonyl (C=O) groups is 2. The van der Waals surface area contributed by atoms with E-state index in [0.717, 1.165) is 17.5 Å². The Morgan fingerprint density at radius 3 is 2.76 bits per heavy atom. The number of amides is 1. The van der Waals surface area contributed by atoms with Gasteiger partial charge in [0.1, 0.15) is 5.75 Å². The van der Waals surface area contributed by atoms with Gasteiger partial charge in [-0.2, -0.15) is 0 Å². The van der Waals surface area contributed by atoms with Gasteiger partial charge >= 0.3 is 5.97 Å². The minimum atomic E-state index is -0.615. The summed E-state index contributed by atoms with van der Waals surface area (Å²) >= 11 is 0. The van der Waals surface area contributed by atoms with Crippen LogP contribution in [0, 0.1) is 6.92 Å². The molecule has 0 atom stereocenters. The lowest BCUT2D eigenvalue weighted by Gasteiger charge is -2.14. The number of nitrogens with one attached hydrogen (secondary N) is 1. The number of aromatic nitrogens is 1. The third kappa shape index (κ3) is 4.82. The Labute approximate surface area is 146 Å². The number of rotatable bonds is 7. The van der Waals surface area contributed by atoms with Gasteiger partial charge in [0.05, 0.1) is 13.7 Å². The van der Waals surface area contributed by atoms with E-state index >= 15 is 0 Å². The van der Waals surface area contributed by atoms with E-state index in [9.17, 15) is 9.59 Å². The van der Waals surface area contributed by atoms with E-state index in [1.54, 1.807) is 0 Å². The van der Waals surface area contributed by atoms with Gasteiger partial charge in [0.25, 0.3) is 5.91 Å². The molecule has 0 unspecified atom stereocenters. The lowest BCUT2D eigenvalue weighted by atomic mass is 10.0. The molecule has 0 aliphatic rings. The number of benzene rings is 1. The number of nitrogens with zero attached hydrogens (tertiary/aromatic N) is 1. The predicted octanol–water partition coefficient (Wildman–Crippen LogP) is 2.59. The summed E-state index contributed by atoms with van der Waals surface area (Å²) in [4.78, 5) is 27.3. The molecule has 2 rings (SSSR count). The van der Waals surface area contributed by atoms with Crippen molar-refractivity contribution in [3.8, 4) is 5.75 Å². The van der Waals surface area contributed by atoms with Crippen LogP contribution in [0.5, 0.6) is 5.75 Å². The van der Waals surface area contributed by atoms with Crippen molar-refractivity contribution < 1.29 is 23.5 Å². The molecule has 0 aliphatic heterocycles. The number of aryl methyl sites for hydroxylation is 1. The molecule has 0 aliphatic carbocycles. The first-order valence-electron chi connectivity index (χ1n) is 7.93. The molecule has 1 aromatic heterocycles. The molecule has 25 heavy (non-hydrogen) atoms. The van der Waals surface area contributed by atoms with Crippen LogP contribution in [0.4, 0.5) is 0 Å². The normalized spacial score (nSPS) is 10.6. The minimum Gasteiger partial charge on any atom is -0.483 e. The van der Waals surface area contributed by atoms with Crippen molar-refractivity contribution in [2.75, 3.05) is 13.7 Å². The van der Waals surface area contributed by atoms with Gasteiger partial charge in [0.2, 0.25) is 0 Å². The number of hydrogen-bond donors (Lipinski definition) is 1. The maximum Gasteiger partial charge on any atom is 0.360 e. The zero-order valence-corrected chi connectivity index (χ0v) is 14.8. The monoisotopic (exact) mass is 346 g/mol. The van der Waals surface area contributed by atoms with Crippen molar-refractivity contribution in [1.29, 1.82) is 0 Å². The van der Waals surface area contributed by atoms with Gasteiger partial charge in [-0.25, -0.2) is 9.78 Å². The average molecular weight is 346 g/mol. The molecule has 1 N–H and O–H groups in total. The summed E-state index contributed by atoms with van der Waals surface area (Å²) < 4.78 is 15.4. The minimum absolute atomic E-state index is 0.0253. The van der Waals surface area contributed by atoms with E-state index < -0.39 is 5.97 Å². The van der Waals surface area contributed by atoms with E-state index in [2.05, 4.69) is 28.9 Å². The summed E-state index contributed by atoms with van der Waals surface area (Å²) in [6.45, 7) is 5.99. The molecule has 2 aromatic rings. The second-order valence-electron chi connectivity index (χ2n) is 5.88. The third-order valence-electron chi connectivity index (χ3n) is 3.62. The fourth-order valence-corrected chi connectivity index (χ4v) is 2.28. The van der Waals surface area contributed by atoms with Crippen LogP contribution in [0.15, 0.2) is 29.0 Å². The van der Waals surface area contributed by atoms with Crippen molar-refractivity contribution in [2.24, 2.45) is 0 Å². The quantitative estimate of drug-likeness (QED) is 0.775. The molecule has 0 saturated heterocycles. The molecule has 1 amide bonds.